The number of nitrogens with zero attached hydrogens (tertiary/aromatic N) is 1. The molecule has 3 rings (SSSR count). The number of halogens is 1. The molecule has 0 saturated carbocycles. The van der Waals surface area contributed by atoms with Gasteiger partial charge >= 0.3 is 0 Å². The second-order valence-corrected chi connectivity index (χ2v) is 9.23. The number of hydrogen-bond donors (Lipinski definition) is 0. The van der Waals surface area contributed by atoms with Gasteiger partial charge in [-0.1, -0.05) is 46.3 Å². The van der Waals surface area contributed by atoms with E-state index in [0.29, 0.717) is 17.9 Å². The van der Waals surface area contributed by atoms with Crippen LogP contribution < -0.4 is 0 Å². The van der Waals surface area contributed by atoms with Crippen LogP contribution >= 0.6 is 15.9 Å². The molecule has 132 valence electrons. The van der Waals surface area contributed by atoms with Crippen molar-refractivity contribution in [3.8, 4) is 0 Å². The molecule has 25 heavy (non-hydrogen) atoms. The van der Waals surface area contributed by atoms with Gasteiger partial charge in [0.25, 0.3) is 0 Å². The van der Waals surface area contributed by atoms with Gasteiger partial charge in [-0.15, -0.1) is 0 Å². The van der Waals surface area contributed by atoms with Crippen molar-refractivity contribution < 1.29 is 13.2 Å². The van der Waals surface area contributed by atoms with E-state index >= 15 is 0 Å². The molecule has 2 aromatic carbocycles. The zero-order valence-corrected chi connectivity index (χ0v) is 16.2. The summed E-state index contributed by atoms with van der Waals surface area (Å²) < 4.78 is 26.2. The summed E-state index contributed by atoms with van der Waals surface area (Å²) in [5.74, 6) is -0.0172. The molecule has 1 amide bonds. The van der Waals surface area contributed by atoms with Crippen molar-refractivity contribution in [2.75, 3.05) is 12.3 Å². The third-order valence-electron chi connectivity index (χ3n) is 4.48. The van der Waals surface area contributed by atoms with Crippen LogP contribution in [0.4, 0.5) is 0 Å². The molecular weight excluding hydrogens is 402 g/mol. The van der Waals surface area contributed by atoms with E-state index in [9.17, 15) is 13.2 Å². The molecule has 1 atom stereocenters. The predicted molar refractivity (Wildman–Crippen MR) is 101 cm³/mol. The molecule has 1 fully saturated rings. The highest BCUT2D eigenvalue weighted by atomic mass is 79.9. The molecule has 0 spiro atoms. The van der Waals surface area contributed by atoms with Crippen molar-refractivity contribution in [3.63, 3.8) is 0 Å². The highest BCUT2D eigenvalue weighted by Gasteiger charge is 2.32. The Kier molecular flexibility index (Phi) is 5.59. The first kappa shape index (κ1) is 18.1. The van der Waals surface area contributed by atoms with Crippen LogP contribution in [0, 0.1) is 0 Å². The van der Waals surface area contributed by atoms with E-state index in [1.165, 1.54) is 0 Å². The Balaban J connectivity index is 1.70. The highest BCUT2D eigenvalue weighted by Crippen LogP contribution is 2.23. The van der Waals surface area contributed by atoms with Crippen LogP contribution in [0.5, 0.6) is 0 Å². The molecule has 1 aliphatic heterocycles. The third-order valence-corrected chi connectivity index (χ3v) is 6.82. The van der Waals surface area contributed by atoms with Crippen molar-refractivity contribution in [2.45, 2.75) is 30.2 Å². The maximum atomic E-state index is 12.7. The minimum atomic E-state index is -3.39. The number of benzene rings is 2. The lowest BCUT2D eigenvalue weighted by Gasteiger charge is -2.25. The van der Waals surface area contributed by atoms with Crippen molar-refractivity contribution in [2.24, 2.45) is 0 Å². The van der Waals surface area contributed by atoms with Gasteiger partial charge in [0.2, 0.25) is 5.91 Å². The Morgan fingerprint density at radius 3 is 2.44 bits per heavy atom. The smallest absolute Gasteiger partial charge is 0.227 e. The van der Waals surface area contributed by atoms with Gasteiger partial charge < -0.3 is 4.90 Å². The Morgan fingerprint density at radius 1 is 1.08 bits per heavy atom. The first-order chi connectivity index (χ1) is 12.0. The SMILES string of the molecule is O=C(Cc1ccc(Br)cc1)N1CCCC1CS(=O)(=O)c1ccccc1. The zero-order chi connectivity index (χ0) is 17.9. The molecule has 2 aromatic rings. The van der Waals surface area contributed by atoms with E-state index in [1.807, 2.05) is 24.3 Å². The molecule has 1 unspecified atom stereocenters. The monoisotopic (exact) mass is 421 g/mol. The zero-order valence-electron chi connectivity index (χ0n) is 13.8. The number of rotatable bonds is 5. The second kappa shape index (κ2) is 7.70. The van der Waals surface area contributed by atoms with Crippen molar-refractivity contribution in [1.29, 1.82) is 0 Å². The van der Waals surface area contributed by atoms with E-state index < -0.39 is 9.84 Å². The first-order valence-electron chi connectivity index (χ1n) is 8.27. The summed E-state index contributed by atoms with van der Waals surface area (Å²) in [7, 11) is -3.39. The minimum absolute atomic E-state index is 0.00640. The summed E-state index contributed by atoms with van der Waals surface area (Å²) in [4.78, 5) is 14.7. The van der Waals surface area contributed by atoms with Gasteiger partial charge in [-0.05, 0) is 42.7 Å². The summed E-state index contributed by atoms with van der Waals surface area (Å²) in [6, 6.07) is 15.8. The van der Waals surface area contributed by atoms with Gasteiger partial charge in [-0.3, -0.25) is 4.79 Å². The Hall–Kier alpha value is -1.66. The van der Waals surface area contributed by atoms with E-state index in [2.05, 4.69) is 15.9 Å². The summed E-state index contributed by atoms with van der Waals surface area (Å²) >= 11 is 3.38. The van der Waals surface area contributed by atoms with Gasteiger partial charge in [0.15, 0.2) is 9.84 Å². The molecule has 4 nitrogen and oxygen atoms in total. The van der Waals surface area contributed by atoms with Gasteiger partial charge in [0, 0.05) is 17.1 Å². The van der Waals surface area contributed by atoms with Gasteiger partial charge in [-0.25, -0.2) is 8.42 Å². The summed E-state index contributed by atoms with van der Waals surface area (Å²) in [6.07, 6.45) is 1.88. The molecule has 1 aliphatic rings. The number of carbonyl (C=O) groups excluding carboxylic acids is 1. The molecule has 6 heteroatoms. The quantitative estimate of drug-likeness (QED) is 0.742. The molecule has 0 N–H and O–H groups in total. The maximum Gasteiger partial charge on any atom is 0.227 e. The number of carbonyl (C=O) groups is 1. The summed E-state index contributed by atoms with van der Waals surface area (Å²) in [5, 5.41) is 0. The van der Waals surface area contributed by atoms with Gasteiger partial charge in [0.05, 0.1) is 17.1 Å². The standard InChI is InChI=1S/C19H20BrNO3S/c20-16-10-8-15(9-11-16)13-19(22)21-12-4-5-17(21)14-25(23,24)18-6-2-1-3-7-18/h1-3,6-11,17H,4-5,12-14H2. The van der Waals surface area contributed by atoms with Crippen molar-refractivity contribution >= 4 is 31.7 Å². The van der Waals surface area contributed by atoms with Gasteiger partial charge in [0.1, 0.15) is 0 Å². The Morgan fingerprint density at radius 2 is 1.76 bits per heavy atom. The second-order valence-electron chi connectivity index (χ2n) is 6.28. The fraction of sp³-hybridized carbons (Fsp3) is 0.316. The fourth-order valence-corrected chi connectivity index (χ4v) is 5.07. The van der Waals surface area contributed by atoms with Crippen LogP contribution in [0.2, 0.25) is 0 Å². The lowest BCUT2D eigenvalue weighted by molar-refractivity contribution is -0.130. The number of amides is 1. The topological polar surface area (TPSA) is 54.5 Å². The van der Waals surface area contributed by atoms with Crippen LogP contribution in [0.15, 0.2) is 64.0 Å². The number of hydrogen-bond acceptors (Lipinski definition) is 3. The van der Waals surface area contributed by atoms with Crippen LogP contribution in [0.25, 0.3) is 0 Å². The van der Waals surface area contributed by atoms with Crippen LogP contribution in [0.1, 0.15) is 18.4 Å². The lowest BCUT2D eigenvalue weighted by atomic mass is 10.1. The maximum absolute atomic E-state index is 12.7. The molecule has 0 aromatic heterocycles. The number of sulfone groups is 1. The van der Waals surface area contributed by atoms with E-state index in [4.69, 9.17) is 0 Å². The normalized spacial score (nSPS) is 17.6. The largest absolute Gasteiger partial charge is 0.338 e. The van der Waals surface area contributed by atoms with Crippen LogP contribution in [-0.2, 0) is 21.1 Å². The number of likely N-dealkylation sites (tertiary alicyclic amines) is 1. The van der Waals surface area contributed by atoms with E-state index in [0.717, 1.165) is 22.9 Å². The molecule has 0 radical (unpaired) electrons. The van der Waals surface area contributed by atoms with Crippen LogP contribution in [0.3, 0.4) is 0 Å². The molecule has 0 aliphatic carbocycles. The summed E-state index contributed by atoms with van der Waals surface area (Å²) in [6.45, 7) is 0.629. The van der Waals surface area contributed by atoms with Crippen molar-refractivity contribution in [3.05, 3.63) is 64.6 Å². The summed E-state index contributed by atoms with van der Waals surface area (Å²) in [5.41, 5.74) is 0.935. The highest BCUT2D eigenvalue weighted by molar-refractivity contribution is 9.10. The molecule has 0 bridgehead atoms. The molecule has 1 heterocycles. The molecule has 1 saturated heterocycles. The predicted octanol–water partition coefficient (Wildman–Crippen LogP) is 3.46. The Bertz CT molecular complexity index is 835. The fourth-order valence-electron chi connectivity index (χ4n) is 3.19. The van der Waals surface area contributed by atoms with E-state index in [1.54, 1.807) is 35.2 Å². The van der Waals surface area contributed by atoms with Crippen LogP contribution in [-0.4, -0.2) is 37.6 Å². The van der Waals surface area contributed by atoms with E-state index in [-0.39, 0.29) is 17.7 Å². The molecular formula is C19H20BrNO3S. The van der Waals surface area contributed by atoms with Crippen molar-refractivity contribution in [1.82, 2.24) is 4.90 Å². The average Bonchev–Trinajstić information content (AvgIpc) is 3.05. The lowest BCUT2D eigenvalue weighted by Crippen LogP contribution is -2.40. The first-order valence-corrected chi connectivity index (χ1v) is 10.7. The minimum Gasteiger partial charge on any atom is -0.338 e. The average molecular weight is 422 g/mol. The third kappa shape index (κ3) is 4.50. The Labute approximate surface area is 156 Å². The van der Waals surface area contributed by atoms with Gasteiger partial charge in [-0.2, -0.15) is 0 Å².